The third-order valence-corrected chi connectivity index (χ3v) is 5.82. The van der Waals surface area contributed by atoms with Gasteiger partial charge in [0.15, 0.2) is 5.65 Å². The van der Waals surface area contributed by atoms with Crippen LogP contribution in [0.25, 0.3) is 5.65 Å². The van der Waals surface area contributed by atoms with E-state index in [9.17, 15) is 18.4 Å². The molecule has 0 radical (unpaired) electrons. The molecule has 178 valence electrons. The van der Waals surface area contributed by atoms with Crippen LogP contribution < -0.4 is 15.1 Å². The summed E-state index contributed by atoms with van der Waals surface area (Å²) in [5, 5.41) is 11.2. The zero-order valence-electron chi connectivity index (χ0n) is 18.7. The Kier molecular flexibility index (Phi) is 6.19. The van der Waals surface area contributed by atoms with Gasteiger partial charge in [0.2, 0.25) is 11.8 Å². The Bertz CT molecular complexity index is 1370. The normalized spacial score (nSPS) is 13.9. The standard InChI is InChI=1S/C25H22F2N6O2/c26-18-11-17(12-19(27)13-18)16-33(24(34)14-23-30-29-22-3-1-2-9-32(22)23)21-6-4-20(5-7-21)31-10-8-28-15-25(31)35/h1-7,9,11-13,28H,8,10,14-16H2. The van der Waals surface area contributed by atoms with Crippen LogP contribution in [0.15, 0.2) is 66.9 Å². The summed E-state index contributed by atoms with van der Waals surface area (Å²) in [6.45, 7) is 1.46. The molecule has 1 aliphatic heterocycles. The minimum atomic E-state index is -0.719. The van der Waals surface area contributed by atoms with E-state index >= 15 is 0 Å². The molecule has 5 rings (SSSR count). The van der Waals surface area contributed by atoms with Crippen molar-refractivity contribution >= 4 is 28.8 Å². The molecule has 2 aromatic carbocycles. The van der Waals surface area contributed by atoms with Crippen LogP contribution in [0.1, 0.15) is 11.4 Å². The quantitative estimate of drug-likeness (QED) is 0.463. The van der Waals surface area contributed by atoms with Gasteiger partial charge >= 0.3 is 0 Å². The second-order valence-corrected chi connectivity index (χ2v) is 8.22. The van der Waals surface area contributed by atoms with Crippen molar-refractivity contribution in [1.29, 1.82) is 0 Å². The second-order valence-electron chi connectivity index (χ2n) is 8.22. The lowest BCUT2D eigenvalue weighted by Gasteiger charge is -2.28. The predicted molar refractivity (Wildman–Crippen MR) is 126 cm³/mol. The Balaban J connectivity index is 1.45. The predicted octanol–water partition coefficient (Wildman–Crippen LogP) is 2.72. The SMILES string of the molecule is O=C1CNCCN1c1ccc(N(Cc2cc(F)cc(F)c2)C(=O)Cc2nnc3ccccn23)cc1. The fourth-order valence-electron chi connectivity index (χ4n) is 4.14. The van der Waals surface area contributed by atoms with Crippen LogP contribution in [0.2, 0.25) is 0 Å². The Morgan fingerprint density at radius 3 is 2.54 bits per heavy atom. The van der Waals surface area contributed by atoms with Gasteiger partial charge in [-0.15, -0.1) is 10.2 Å². The van der Waals surface area contributed by atoms with E-state index in [0.717, 1.165) is 6.07 Å². The molecule has 1 saturated heterocycles. The lowest BCUT2D eigenvalue weighted by atomic mass is 10.1. The molecule has 2 aromatic heterocycles. The number of fused-ring (bicyclic) bond motifs is 1. The van der Waals surface area contributed by atoms with Crippen molar-refractivity contribution < 1.29 is 18.4 Å². The Hall–Kier alpha value is -4.18. The number of piperazine rings is 1. The van der Waals surface area contributed by atoms with Gasteiger partial charge in [-0.05, 0) is 54.1 Å². The highest BCUT2D eigenvalue weighted by molar-refractivity contribution is 5.97. The van der Waals surface area contributed by atoms with Gasteiger partial charge in [-0.1, -0.05) is 6.07 Å². The van der Waals surface area contributed by atoms with E-state index in [1.807, 2.05) is 12.1 Å². The van der Waals surface area contributed by atoms with Gasteiger partial charge in [0.05, 0.1) is 19.5 Å². The third-order valence-electron chi connectivity index (χ3n) is 5.82. The van der Waals surface area contributed by atoms with Crippen LogP contribution >= 0.6 is 0 Å². The van der Waals surface area contributed by atoms with Crippen molar-refractivity contribution in [3.8, 4) is 0 Å². The molecule has 35 heavy (non-hydrogen) atoms. The van der Waals surface area contributed by atoms with E-state index in [1.54, 1.807) is 45.8 Å². The van der Waals surface area contributed by atoms with Crippen LogP contribution in [-0.2, 0) is 22.6 Å². The minimum absolute atomic E-state index is 0.0362. The first-order valence-corrected chi connectivity index (χ1v) is 11.1. The number of nitrogens with one attached hydrogen (secondary N) is 1. The molecule has 0 bridgehead atoms. The average Bonchev–Trinajstić information content (AvgIpc) is 3.25. The van der Waals surface area contributed by atoms with Crippen LogP contribution in [0.4, 0.5) is 20.2 Å². The number of rotatable bonds is 6. The smallest absolute Gasteiger partial charge is 0.240 e. The highest BCUT2D eigenvalue weighted by atomic mass is 19.1. The molecule has 1 aliphatic rings. The topological polar surface area (TPSA) is 82.8 Å². The van der Waals surface area contributed by atoms with Crippen LogP contribution in [0.3, 0.4) is 0 Å². The number of nitrogens with zero attached hydrogens (tertiary/aromatic N) is 5. The number of amides is 2. The van der Waals surface area contributed by atoms with Gasteiger partial charge < -0.3 is 15.1 Å². The number of halogens is 2. The molecule has 0 atom stereocenters. The molecule has 1 N–H and O–H groups in total. The summed E-state index contributed by atoms with van der Waals surface area (Å²) in [6, 6.07) is 15.6. The molecule has 0 saturated carbocycles. The van der Waals surface area contributed by atoms with Gasteiger partial charge in [-0.3, -0.25) is 14.0 Å². The molecule has 2 amide bonds. The molecular weight excluding hydrogens is 454 g/mol. The summed E-state index contributed by atoms with van der Waals surface area (Å²) in [5.41, 5.74) is 2.16. The third kappa shape index (κ3) is 4.87. The molecule has 10 heteroatoms. The summed E-state index contributed by atoms with van der Waals surface area (Å²) >= 11 is 0. The van der Waals surface area contributed by atoms with Gasteiger partial charge in [0.1, 0.15) is 17.5 Å². The van der Waals surface area contributed by atoms with E-state index in [-0.39, 0.29) is 31.3 Å². The van der Waals surface area contributed by atoms with Crippen molar-refractivity contribution in [3.05, 3.63) is 89.9 Å². The van der Waals surface area contributed by atoms with Gasteiger partial charge in [0.25, 0.3) is 0 Å². The minimum Gasteiger partial charge on any atom is -0.310 e. The molecule has 8 nitrogen and oxygen atoms in total. The first kappa shape index (κ1) is 22.6. The fraction of sp³-hybridized carbons (Fsp3) is 0.200. The highest BCUT2D eigenvalue weighted by Crippen LogP contribution is 2.24. The molecule has 1 fully saturated rings. The number of hydrogen-bond donors (Lipinski definition) is 1. The number of pyridine rings is 1. The monoisotopic (exact) mass is 476 g/mol. The molecule has 0 unspecified atom stereocenters. The van der Waals surface area contributed by atoms with Crippen molar-refractivity contribution in [2.24, 2.45) is 0 Å². The van der Waals surface area contributed by atoms with E-state index in [2.05, 4.69) is 15.5 Å². The maximum Gasteiger partial charge on any atom is 0.240 e. The first-order chi connectivity index (χ1) is 17.0. The largest absolute Gasteiger partial charge is 0.310 e. The molecule has 0 aliphatic carbocycles. The van der Waals surface area contributed by atoms with E-state index in [1.165, 1.54) is 17.0 Å². The second kappa shape index (κ2) is 9.59. The Labute approximate surface area is 199 Å². The van der Waals surface area contributed by atoms with Gasteiger partial charge in [-0.25, -0.2) is 8.78 Å². The lowest BCUT2D eigenvalue weighted by Crippen LogP contribution is -2.48. The summed E-state index contributed by atoms with van der Waals surface area (Å²) in [5.74, 6) is -1.35. The molecule has 3 heterocycles. The van der Waals surface area contributed by atoms with Crippen molar-refractivity contribution in [2.45, 2.75) is 13.0 Å². The highest BCUT2D eigenvalue weighted by Gasteiger charge is 2.22. The molecule has 0 spiro atoms. The molecule has 4 aromatic rings. The maximum absolute atomic E-state index is 13.8. The average molecular weight is 476 g/mol. The van der Waals surface area contributed by atoms with Crippen LogP contribution in [0, 0.1) is 11.6 Å². The Morgan fingerprint density at radius 2 is 1.80 bits per heavy atom. The Morgan fingerprint density at radius 1 is 1.03 bits per heavy atom. The van der Waals surface area contributed by atoms with Crippen molar-refractivity contribution in [1.82, 2.24) is 19.9 Å². The van der Waals surface area contributed by atoms with E-state index < -0.39 is 11.6 Å². The number of carbonyl (C=O) groups excluding carboxylic acids is 2. The number of hydrogen-bond acceptors (Lipinski definition) is 5. The van der Waals surface area contributed by atoms with Crippen LogP contribution in [-0.4, -0.2) is 46.0 Å². The van der Waals surface area contributed by atoms with Gasteiger partial charge in [0, 0.05) is 36.7 Å². The van der Waals surface area contributed by atoms with E-state index in [0.29, 0.717) is 41.5 Å². The van der Waals surface area contributed by atoms with Crippen molar-refractivity contribution in [2.75, 3.05) is 29.4 Å². The summed E-state index contributed by atoms with van der Waals surface area (Å²) < 4.78 is 29.4. The lowest BCUT2D eigenvalue weighted by molar-refractivity contribution is -0.119. The summed E-state index contributed by atoms with van der Waals surface area (Å²) in [7, 11) is 0. The van der Waals surface area contributed by atoms with Crippen LogP contribution in [0.5, 0.6) is 0 Å². The zero-order valence-corrected chi connectivity index (χ0v) is 18.7. The number of carbonyl (C=O) groups is 2. The zero-order chi connectivity index (χ0) is 24.4. The fourth-order valence-corrected chi connectivity index (χ4v) is 4.14. The number of aromatic nitrogens is 3. The number of anilines is 2. The molecular formula is C25H22F2N6O2. The summed E-state index contributed by atoms with van der Waals surface area (Å²) in [4.78, 5) is 28.8. The van der Waals surface area contributed by atoms with Gasteiger partial charge in [-0.2, -0.15) is 0 Å². The number of benzene rings is 2. The van der Waals surface area contributed by atoms with Crippen molar-refractivity contribution in [3.63, 3.8) is 0 Å². The first-order valence-electron chi connectivity index (χ1n) is 11.1. The van der Waals surface area contributed by atoms with E-state index in [4.69, 9.17) is 0 Å². The summed E-state index contributed by atoms with van der Waals surface area (Å²) in [6.07, 6.45) is 1.70. The maximum atomic E-state index is 13.8.